The molecule has 0 bridgehead atoms. The summed E-state index contributed by atoms with van der Waals surface area (Å²) in [4.78, 5) is 14.4. The fourth-order valence-electron chi connectivity index (χ4n) is 3.20. The Hall–Kier alpha value is -2.32. The zero-order valence-corrected chi connectivity index (χ0v) is 15.0. The second-order valence-corrected chi connectivity index (χ2v) is 6.75. The zero-order valence-electron chi connectivity index (χ0n) is 15.0. The van der Waals surface area contributed by atoms with Crippen LogP contribution in [0.2, 0.25) is 0 Å². The van der Waals surface area contributed by atoms with Gasteiger partial charge in [0.25, 0.3) is 5.91 Å². The van der Waals surface area contributed by atoms with Crippen molar-refractivity contribution in [3.05, 3.63) is 35.4 Å². The largest absolute Gasteiger partial charge is 0.395 e. The molecule has 0 saturated heterocycles. The minimum absolute atomic E-state index is 0.0937. The fraction of sp³-hybridized carbons (Fsp3) is 0.500. The summed E-state index contributed by atoms with van der Waals surface area (Å²) in [6.45, 7) is 2.80. The minimum atomic E-state index is -0.289. The number of likely N-dealkylation sites (N-methyl/N-ethyl adjacent to an activating group) is 1. The number of aliphatic hydroxyl groups excluding tert-OH is 1. The van der Waals surface area contributed by atoms with Crippen molar-refractivity contribution in [2.24, 2.45) is 5.92 Å². The Balaban J connectivity index is 2.06. The van der Waals surface area contributed by atoms with Crippen LogP contribution in [0.5, 0.6) is 0 Å². The normalized spacial score (nSPS) is 20.6. The molecule has 1 aromatic rings. The van der Waals surface area contributed by atoms with Crippen molar-refractivity contribution in [3.63, 3.8) is 0 Å². The summed E-state index contributed by atoms with van der Waals surface area (Å²) >= 11 is 0. The smallest absolute Gasteiger partial charge is 0.262 e. The molecule has 1 aliphatic carbocycles. The number of hydrogen-bond acceptors (Lipinski definition) is 4. The van der Waals surface area contributed by atoms with E-state index in [1.165, 1.54) is 6.42 Å². The second kappa shape index (κ2) is 9.24. The Bertz CT molecular complexity index is 646. The highest BCUT2D eigenvalue weighted by Crippen LogP contribution is 2.24. The van der Waals surface area contributed by atoms with Crippen LogP contribution in [0.1, 0.15) is 38.2 Å². The van der Waals surface area contributed by atoms with E-state index in [0.29, 0.717) is 12.5 Å². The molecule has 5 heteroatoms. The van der Waals surface area contributed by atoms with Crippen molar-refractivity contribution in [2.45, 2.75) is 38.6 Å². The summed E-state index contributed by atoms with van der Waals surface area (Å²) in [5.74, 6) is 0.168. The summed E-state index contributed by atoms with van der Waals surface area (Å²) in [6.07, 6.45) is 6.07. The minimum Gasteiger partial charge on any atom is -0.395 e. The van der Waals surface area contributed by atoms with Crippen LogP contribution >= 0.6 is 0 Å². The number of amides is 1. The van der Waals surface area contributed by atoms with Gasteiger partial charge in [0, 0.05) is 25.3 Å². The van der Waals surface area contributed by atoms with E-state index in [0.717, 1.165) is 30.5 Å². The van der Waals surface area contributed by atoms with Crippen LogP contribution in [0, 0.1) is 17.2 Å². The molecule has 1 aromatic carbocycles. The van der Waals surface area contributed by atoms with E-state index >= 15 is 0 Å². The number of hydrogen-bond donors (Lipinski definition) is 2. The number of carbonyl (C=O) groups excluding carboxylic acids is 1. The van der Waals surface area contributed by atoms with Gasteiger partial charge in [-0.05, 0) is 42.5 Å². The summed E-state index contributed by atoms with van der Waals surface area (Å²) in [7, 11) is 1.90. The van der Waals surface area contributed by atoms with Gasteiger partial charge >= 0.3 is 0 Å². The lowest BCUT2D eigenvalue weighted by atomic mass is 9.86. The lowest BCUT2D eigenvalue weighted by Gasteiger charge is -2.29. The first-order chi connectivity index (χ1) is 12.0. The van der Waals surface area contributed by atoms with Gasteiger partial charge < -0.3 is 15.3 Å². The third-order valence-electron chi connectivity index (χ3n) is 4.87. The van der Waals surface area contributed by atoms with Crippen LogP contribution in [-0.2, 0) is 4.79 Å². The van der Waals surface area contributed by atoms with Crippen LogP contribution in [0.3, 0.4) is 0 Å². The molecule has 1 amide bonds. The van der Waals surface area contributed by atoms with E-state index in [1.54, 1.807) is 6.08 Å². The molecule has 0 spiro atoms. The molecule has 0 aromatic heterocycles. The second-order valence-electron chi connectivity index (χ2n) is 6.75. The van der Waals surface area contributed by atoms with Gasteiger partial charge in [-0.25, -0.2) is 0 Å². The topological polar surface area (TPSA) is 76.4 Å². The average molecular weight is 341 g/mol. The predicted molar refractivity (Wildman–Crippen MR) is 100.0 cm³/mol. The Labute approximate surface area is 150 Å². The molecular weight excluding hydrogens is 314 g/mol. The van der Waals surface area contributed by atoms with Crippen LogP contribution in [0.4, 0.5) is 5.69 Å². The maximum absolute atomic E-state index is 12.4. The lowest BCUT2D eigenvalue weighted by Crippen LogP contribution is -2.41. The van der Waals surface area contributed by atoms with Gasteiger partial charge in [-0.3, -0.25) is 4.79 Å². The molecule has 2 atom stereocenters. The molecule has 1 saturated carbocycles. The van der Waals surface area contributed by atoms with Crippen LogP contribution in [0.25, 0.3) is 6.08 Å². The monoisotopic (exact) mass is 341 g/mol. The molecule has 0 heterocycles. The number of nitrogens with zero attached hydrogens (tertiary/aromatic N) is 2. The Kier molecular flexibility index (Phi) is 7.03. The molecule has 2 N–H and O–H groups in total. The van der Waals surface area contributed by atoms with Crippen molar-refractivity contribution in [1.82, 2.24) is 5.32 Å². The number of nitrogens with one attached hydrogen (secondary N) is 1. The van der Waals surface area contributed by atoms with E-state index in [2.05, 4.69) is 12.2 Å². The molecule has 0 aliphatic heterocycles. The van der Waals surface area contributed by atoms with Crippen molar-refractivity contribution in [1.29, 1.82) is 5.26 Å². The third-order valence-corrected chi connectivity index (χ3v) is 4.87. The van der Waals surface area contributed by atoms with Gasteiger partial charge in [0.1, 0.15) is 11.6 Å². The van der Waals surface area contributed by atoms with Crippen molar-refractivity contribution < 1.29 is 9.90 Å². The fourth-order valence-corrected chi connectivity index (χ4v) is 3.20. The van der Waals surface area contributed by atoms with E-state index in [9.17, 15) is 10.1 Å². The number of benzene rings is 1. The zero-order chi connectivity index (χ0) is 18.2. The van der Waals surface area contributed by atoms with E-state index in [4.69, 9.17) is 5.11 Å². The number of rotatable bonds is 6. The SMILES string of the molecule is C[C@H]1CCCC[C@H]1NC(=O)/C(C#N)=C/c1ccc(N(C)CCO)cc1. The summed E-state index contributed by atoms with van der Waals surface area (Å²) in [5, 5.41) is 21.4. The van der Waals surface area contributed by atoms with Gasteiger partial charge in [0.2, 0.25) is 0 Å². The molecule has 1 aliphatic rings. The molecule has 1 fully saturated rings. The Morgan fingerprint density at radius 1 is 1.36 bits per heavy atom. The molecular formula is C20H27N3O2. The third kappa shape index (κ3) is 5.33. The number of anilines is 1. The van der Waals surface area contributed by atoms with Crippen molar-refractivity contribution in [3.8, 4) is 6.07 Å². The molecule has 2 rings (SSSR count). The summed E-state index contributed by atoms with van der Waals surface area (Å²) < 4.78 is 0. The summed E-state index contributed by atoms with van der Waals surface area (Å²) in [6, 6.07) is 9.75. The Morgan fingerprint density at radius 2 is 2.04 bits per heavy atom. The van der Waals surface area contributed by atoms with Gasteiger partial charge in [0.05, 0.1) is 6.61 Å². The van der Waals surface area contributed by atoms with E-state index in [1.807, 2.05) is 42.3 Å². The molecule has 134 valence electrons. The lowest BCUT2D eigenvalue weighted by molar-refractivity contribution is -0.118. The maximum atomic E-state index is 12.4. The first-order valence-corrected chi connectivity index (χ1v) is 8.90. The highest BCUT2D eigenvalue weighted by Gasteiger charge is 2.24. The number of nitriles is 1. The average Bonchev–Trinajstić information content (AvgIpc) is 2.62. The van der Waals surface area contributed by atoms with E-state index < -0.39 is 0 Å². The van der Waals surface area contributed by atoms with Crippen LogP contribution < -0.4 is 10.2 Å². The quantitative estimate of drug-likeness (QED) is 0.616. The molecule has 0 radical (unpaired) electrons. The highest BCUT2D eigenvalue weighted by molar-refractivity contribution is 6.01. The standard InChI is InChI=1S/C20H27N3O2/c1-15-5-3-4-6-19(15)22-20(25)17(14-21)13-16-7-9-18(10-8-16)23(2)11-12-24/h7-10,13,15,19,24H,3-6,11-12H2,1-2H3,(H,22,25)/b17-13+/t15-,19+/m0/s1. The van der Waals surface area contributed by atoms with Gasteiger partial charge in [-0.2, -0.15) is 5.26 Å². The van der Waals surface area contributed by atoms with Crippen molar-refractivity contribution in [2.75, 3.05) is 25.1 Å². The van der Waals surface area contributed by atoms with Gasteiger partial charge in [-0.15, -0.1) is 0 Å². The Morgan fingerprint density at radius 3 is 2.64 bits per heavy atom. The molecule has 5 nitrogen and oxygen atoms in total. The molecule has 25 heavy (non-hydrogen) atoms. The van der Waals surface area contributed by atoms with Crippen LogP contribution in [0.15, 0.2) is 29.8 Å². The summed E-state index contributed by atoms with van der Waals surface area (Å²) in [5.41, 5.74) is 1.92. The molecule has 0 unspecified atom stereocenters. The first-order valence-electron chi connectivity index (χ1n) is 8.90. The van der Waals surface area contributed by atoms with Gasteiger partial charge in [-0.1, -0.05) is 31.9 Å². The number of aliphatic hydroxyl groups is 1. The van der Waals surface area contributed by atoms with E-state index in [-0.39, 0.29) is 24.1 Å². The van der Waals surface area contributed by atoms with Gasteiger partial charge in [0.15, 0.2) is 0 Å². The highest BCUT2D eigenvalue weighted by atomic mass is 16.3. The number of carbonyl (C=O) groups is 1. The first kappa shape index (κ1) is 19.0. The predicted octanol–water partition coefficient (Wildman–Crippen LogP) is 2.72. The maximum Gasteiger partial charge on any atom is 0.262 e. The van der Waals surface area contributed by atoms with Crippen LogP contribution in [-0.4, -0.2) is 37.3 Å². The van der Waals surface area contributed by atoms with Crippen molar-refractivity contribution >= 4 is 17.7 Å².